The van der Waals surface area contributed by atoms with E-state index < -0.39 is 58.1 Å². The van der Waals surface area contributed by atoms with Crippen LogP contribution in [0.1, 0.15) is 43.4 Å². The molecule has 14 heteroatoms. The molecule has 2 aliphatic heterocycles. The number of aromatic nitrogens is 3. The van der Waals surface area contributed by atoms with Crippen molar-refractivity contribution in [3.8, 4) is 11.1 Å². The van der Waals surface area contributed by atoms with Gasteiger partial charge in [0.15, 0.2) is 5.65 Å². The van der Waals surface area contributed by atoms with Crippen molar-refractivity contribution in [2.75, 3.05) is 10.6 Å². The van der Waals surface area contributed by atoms with Crippen LogP contribution >= 0.6 is 11.6 Å². The molecule has 43 heavy (non-hydrogen) atoms. The number of hydrogen-bond donors (Lipinski definition) is 3. The Morgan fingerprint density at radius 2 is 1.81 bits per heavy atom. The molecule has 5 aromatic rings. The van der Waals surface area contributed by atoms with E-state index in [2.05, 4.69) is 20.7 Å². The molecular weight excluding hydrogens is 592 g/mol. The van der Waals surface area contributed by atoms with Crippen LogP contribution in [0.5, 0.6) is 0 Å². The molecule has 0 unspecified atom stereocenters. The summed E-state index contributed by atoms with van der Waals surface area (Å²) in [6, 6.07) is 10.2. The fraction of sp³-hybridized carbons (Fsp3) is 0.0690. The summed E-state index contributed by atoms with van der Waals surface area (Å²) in [4.78, 5) is 42.8. The number of benzene rings is 3. The van der Waals surface area contributed by atoms with E-state index >= 15 is 0 Å². The van der Waals surface area contributed by atoms with Crippen LogP contribution in [0.3, 0.4) is 0 Å². The fourth-order valence-corrected chi connectivity index (χ4v) is 5.56. The summed E-state index contributed by atoms with van der Waals surface area (Å²) < 4.78 is 59.1. The number of rotatable bonds is 4. The van der Waals surface area contributed by atoms with Crippen molar-refractivity contribution in [2.24, 2.45) is 0 Å². The van der Waals surface area contributed by atoms with E-state index in [9.17, 15) is 31.9 Å². The van der Waals surface area contributed by atoms with Gasteiger partial charge >= 0.3 is 5.92 Å². The summed E-state index contributed by atoms with van der Waals surface area (Å²) in [6.45, 7) is 0. The molecule has 7 rings (SSSR count). The van der Waals surface area contributed by atoms with Gasteiger partial charge in [-0.1, -0.05) is 11.6 Å². The van der Waals surface area contributed by atoms with E-state index in [-0.39, 0.29) is 27.4 Å². The van der Waals surface area contributed by atoms with Crippen LogP contribution < -0.4 is 16.0 Å². The molecule has 0 saturated heterocycles. The van der Waals surface area contributed by atoms with Gasteiger partial charge in [-0.25, -0.2) is 18.3 Å². The first-order chi connectivity index (χ1) is 20.5. The first-order valence-electron chi connectivity index (χ1n) is 12.6. The molecule has 0 spiro atoms. The molecule has 2 aliphatic rings. The van der Waals surface area contributed by atoms with Crippen LogP contribution in [0.2, 0.25) is 5.02 Å². The lowest BCUT2D eigenvalue weighted by molar-refractivity contribution is -0.139. The third kappa shape index (κ3) is 4.19. The minimum Gasteiger partial charge on any atom is -0.341 e. The first kappa shape index (κ1) is 26.6. The largest absolute Gasteiger partial charge is 0.352 e. The van der Waals surface area contributed by atoms with Gasteiger partial charge in [0, 0.05) is 39.2 Å². The zero-order valence-corrected chi connectivity index (χ0v) is 22.1. The topological polar surface area (TPSA) is 117 Å². The fourth-order valence-electron chi connectivity index (χ4n) is 5.33. The van der Waals surface area contributed by atoms with Crippen LogP contribution in [0, 0.1) is 11.6 Å². The minimum absolute atomic E-state index is 0.0222. The molecule has 214 valence electrons. The van der Waals surface area contributed by atoms with Crippen LogP contribution in [-0.2, 0) is 10.7 Å². The van der Waals surface area contributed by atoms with Crippen molar-refractivity contribution in [3.05, 3.63) is 112 Å². The highest BCUT2D eigenvalue weighted by atomic mass is 35.5. The Hall–Kier alpha value is -5.30. The van der Waals surface area contributed by atoms with Crippen molar-refractivity contribution >= 4 is 46.3 Å². The minimum atomic E-state index is -4.05. The predicted octanol–water partition coefficient (Wildman–Crippen LogP) is 5.46. The molecule has 0 saturated carbocycles. The molecule has 0 radical (unpaired) electrons. The summed E-state index contributed by atoms with van der Waals surface area (Å²) in [5.74, 6) is -9.16. The van der Waals surface area contributed by atoms with Crippen LogP contribution in [0.4, 0.5) is 28.9 Å². The third-order valence-corrected chi connectivity index (χ3v) is 7.67. The van der Waals surface area contributed by atoms with Gasteiger partial charge < -0.3 is 16.0 Å². The Labute approximate surface area is 243 Å². The number of fused-ring (bicyclic) bond motifs is 3. The molecule has 0 aliphatic carbocycles. The Morgan fingerprint density at radius 3 is 2.63 bits per heavy atom. The Kier molecular flexibility index (Phi) is 5.79. The zero-order chi connectivity index (χ0) is 30.2. The van der Waals surface area contributed by atoms with Crippen molar-refractivity contribution in [1.29, 1.82) is 0 Å². The van der Waals surface area contributed by atoms with Gasteiger partial charge in [-0.05, 0) is 60.2 Å². The predicted molar refractivity (Wildman–Crippen MR) is 146 cm³/mol. The smallest absolute Gasteiger partial charge is 0.341 e. The quantitative estimate of drug-likeness (QED) is 0.235. The van der Waals surface area contributed by atoms with Gasteiger partial charge in [-0.2, -0.15) is 13.9 Å². The molecule has 9 nitrogen and oxygen atoms in total. The van der Waals surface area contributed by atoms with E-state index in [4.69, 9.17) is 11.6 Å². The van der Waals surface area contributed by atoms with E-state index in [0.29, 0.717) is 28.9 Å². The number of amides is 3. The molecule has 3 N–H and O–H groups in total. The zero-order valence-electron chi connectivity index (χ0n) is 21.4. The monoisotopic (exact) mass is 606 g/mol. The Morgan fingerprint density at radius 1 is 1.00 bits per heavy atom. The highest BCUT2D eigenvalue weighted by Gasteiger charge is 2.50. The number of carbonyl (C=O) groups is 3. The maximum atomic E-state index is 14.4. The number of hydrogen-bond acceptors (Lipinski definition) is 5. The highest BCUT2D eigenvalue weighted by Crippen LogP contribution is 2.44. The number of alkyl halides is 2. The van der Waals surface area contributed by atoms with Crippen molar-refractivity contribution in [1.82, 2.24) is 19.9 Å². The number of halogens is 5. The number of nitrogens with one attached hydrogen (secondary N) is 3. The summed E-state index contributed by atoms with van der Waals surface area (Å²) in [5, 5.41) is 11.5. The lowest BCUT2D eigenvalue weighted by Crippen LogP contribution is -2.23. The Bertz CT molecular complexity index is 2060. The lowest BCUT2D eigenvalue weighted by atomic mass is 9.93. The maximum absolute atomic E-state index is 14.4. The second kappa shape index (κ2) is 9.36. The Balaban J connectivity index is 1.40. The number of carbonyl (C=O) groups excluding carboxylic acids is 3. The normalized spacial score (nSPS) is 16.5. The molecule has 0 fully saturated rings. The third-order valence-electron chi connectivity index (χ3n) is 7.32. The first-order valence-corrected chi connectivity index (χ1v) is 13.0. The average molecular weight is 607 g/mol. The summed E-state index contributed by atoms with van der Waals surface area (Å²) in [6.07, 6.45) is 2.99. The van der Waals surface area contributed by atoms with E-state index in [0.717, 1.165) is 12.1 Å². The standard InChI is InChI=1S/C29H15ClF4N6O3/c30-20-3-2-14(31)7-16(20)25-23-17(26(41)38-25)5-13(12-1-4-22-35-11-36-40(22)10-12)6-21(23)37-27(42)18-8-15(32)9-19-24(18)39-28(43)29(19,33)34/h1-11,25H,(H,37,42)(H,38,41)(H,39,43)/t25-/m0/s1. The molecule has 3 aromatic carbocycles. The van der Waals surface area contributed by atoms with E-state index in [1.807, 2.05) is 5.32 Å². The van der Waals surface area contributed by atoms with Gasteiger partial charge in [0.1, 0.15) is 18.0 Å². The van der Waals surface area contributed by atoms with Crippen molar-refractivity contribution < 1.29 is 31.9 Å². The molecule has 2 aromatic heterocycles. The summed E-state index contributed by atoms with van der Waals surface area (Å²) >= 11 is 6.36. The van der Waals surface area contributed by atoms with Crippen LogP contribution in [0.15, 0.2) is 67.1 Å². The van der Waals surface area contributed by atoms with Gasteiger partial charge in [-0.15, -0.1) is 0 Å². The highest BCUT2D eigenvalue weighted by molar-refractivity contribution is 6.31. The van der Waals surface area contributed by atoms with Gasteiger partial charge in [-0.3, -0.25) is 14.4 Å². The second-order valence-electron chi connectivity index (χ2n) is 9.90. The van der Waals surface area contributed by atoms with E-state index in [1.165, 1.54) is 23.0 Å². The lowest BCUT2D eigenvalue weighted by Gasteiger charge is -2.19. The van der Waals surface area contributed by atoms with Gasteiger partial charge in [0.05, 0.1) is 22.9 Å². The molecule has 3 amide bonds. The van der Waals surface area contributed by atoms with Gasteiger partial charge in [0.2, 0.25) is 0 Å². The molecule has 1 atom stereocenters. The molecule has 0 bridgehead atoms. The maximum Gasteiger partial charge on any atom is 0.352 e. The number of nitrogens with zero attached hydrogens (tertiary/aromatic N) is 3. The SMILES string of the molecule is O=C(Nc1cc(-c2ccc3ncnn3c2)cc2c1[C@H](c1cc(F)ccc1Cl)NC2=O)c1cc(F)cc2c1NC(=O)C2(F)F. The van der Waals surface area contributed by atoms with E-state index in [1.54, 1.807) is 24.4 Å². The second-order valence-corrected chi connectivity index (χ2v) is 10.3. The van der Waals surface area contributed by atoms with Crippen molar-refractivity contribution in [3.63, 3.8) is 0 Å². The van der Waals surface area contributed by atoms with Crippen LogP contribution in [0.25, 0.3) is 16.8 Å². The molecule has 4 heterocycles. The average Bonchev–Trinajstić information content (AvgIpc) is 3.64. The van der Waals surface area contributed by atoms with Crippen LogP contribution in [-0.4, -0.2) is 32.3 Å². The number of pyridine rings is 1. The number of anilines is 2. The van der Waals surface area contributed by atoms with Crippen molar-refractivity contribution in [2.45, 2.75) is 12.0 Å². The summed E-state index contributed by atoms with van der Waals surface area (Å²) in [7, 11) is 0. The summed E-state index contributed by atoms with van der Waals surface area (Å²) in [5.41, 5.74) is -0.00117. The van der Waals surface area contributed by atoms with Gasteiger partial charge in [0.25, 0.3) is 17.7 Å². The molecular formula is C29H15ClF4N6O3.